The number of aromatic nitrogens is 2. The molecule has 0 aliphatic heterocycles. The van der Waals surface area contributed by atoms with Crippen molar-refractivity contribution in [2.45, 2.75) is 19.3 Å². The minimum absolute atomic E-state index is 0.0730. The monoisotopic (exact) mass is 607 g/mol. The van der Waals surface area contributed by atoms with Gasteiger partial charge in [0.1, 0.15) is 0 Å². The second-order valence-electron chi connectivity index (χ2n) is 12.9. The van der Waals surface area contributed by atoms with Crippen LogP contribution < -0.4 is 4.90 Å². The molecule has 218 valence electrons. The van der Waals surface area contributed by atoms with Crippen LogP contribution in [0.3, 0.4) is 0 Å². The molecule has 2 aromatic heterocycles. The van der Waals surface area contributed by atoms with Crippen molar-refractivity contribution in [3.05, 3.63) is 151 Å². The molecule has 3 nitrogen and oxygen atoms in total. The maximum absolute atomic E-state index is 4.99. The van der Waals surface area contributed by atoms with Gasteiger partial charge in [-0.2, -0.15) is 0 Å². The van der Waals surface area contributed by atoms with E-state index >= 15 is 0 Å². The third-order valence-corrected chi connectivity index (χ3v) is 11.1. The Balaban J connectivity index is 1.22. The fraction of sp³-hybridized carbons (Fsp3) is 0.0714. The number of thiazole rings is 1. The van der Waals surface area contributed by atoms with Gasteiger partial charge in [0.25, 0.3) is 0 Å². The highest BCUT2D eigenvalue weighted by atomic mass is 32.1. The van der Waals surface area contributed by atoms with E-state index in [4.69, 9.17) is 4.98 Å². The molecule has 0 spiro atoms. The van der Waals surface area contributed by atoms with Gasteiger partial charge in [-0.15, -0.1) is 0 Å². The highest BCUT2D eigenvalue weighted by Gasteiger charge is 2.35. The number of hydrogen-bond acceptors (Lipinski definition) is 3. The van der Waals surface area contributed by atoms with Gasteiger partial charge in [0, 0.05) is 27.9 Å². The predicted octanol–water partition coefficient (Wildman–Crippen LogP) is 11.8. The minimum atomic E-state index is -0.0730. The maximum atomic E-state index is 4.99. The molecule has 0 radical (unpaired) electrons. The van der Waals surface area contributed by atoms with Crippen LogP contribution in [0.15, 0.2) is 140 Å². The predicted molar refractivity (Wildman–Crippen MR) is 195 cm³/mol. The Morgan fingerprint density at radius 3 is 2.20 bits per heavy atom. The lowest BCUT2D eigenvalue weighted by molar-refractivity contribution is 0.660. The van der Waals surface area contributed by atoms with Gasteiger partial charge in [-0.1, -0.05) is 110 Å². The van der Waals surface area contributed by atoms with E-state index in [2.05, 4.69) is 163 Å². The lowest BCUT2D eigenvalue weighted by Gasteiger charge is -2.28. The van der Waals surface area contributed by atoms with Crippen LogP contribution in [0.5, 0.6) is 0 Å². The zero-order valence-electron chi connectivity index (χ0n) is 25.5. The van der Waals surface area contributed by atoms with Crippen molar-refractivity contribution in [2.24, 2.45) is 0 Å². The molecular formula is C42H29N3S. The molecule has 2 heterocycles. The summed E-state index contributed by atoms with van der Waals surface area (Å²) in [6, 6.07) is 51.0. The van der Waals surface area contributed by atoms with Gasteiger partial charge >= 0.3 is 0 Å². The summed E-state index contributed by atoms with van der Waals surface area (Å²) in [5, 5.41) is 5.02. The van der Waals surface area contributed by atoms with E-state index in [1.54, 1.807) is 11.3 Å². The van der Waals surface area contributed by atoms with E-state index < -0.39 is 0 Å². The molecule has 0 saturated heterocycles. The SMILES string of the molecule is CC1(C)c2ccccc2-c2ccc(N(c3ccccc3)c3ccc4ccc5ccc6c(sc7nc8ccccc8n76)c5c4c3)cc21. The van der Waals surface area contributed by atoms with Crippen LogP contribution in [0.4, 0.5) is 17.1 Å². The number of anilines is 3. The van der Waals surface area contributed by atoms with Crippen molar-refractivity contribution in [1.82, 2.24) is 9.38 Å². The van der Waals surface area contributed by atoms with Gasteiger partial charge in [0.15, 0.2) is 4.96 Å². The molecule has 7 aromatic carbocycles. The van der Waals surface area contributed by atoms with Crippen molar-refractivity contribution in [2.75, 3.05) is 4.90 Å². The van der Waals surface area contributed by atoms with Crippen molar-refractivity contribution < 1.29 is 0 Å². The van der Waals surface area contributed by atoms with E-state index in [9.17, 15) is 0 Å². The van der Waals surface area contributed by atoms with Gasteiger partial charge in [-0.05, 0) is 93.0 Å². The number of fused-ring (bicyclic) bond motifs is 12. The van der Waals surface area contributed by atoms with Crippen molar-refractivity contribution in [3.63, 3.8) is 0 Å². The Labute approximate surface area is 270 Å². The second-order valence-corrected chi connectivity index (χ2v) is 13.9. The zero-order chi connectivity index (χ0) is 30.6. The van der Waals surface area contributed by atoms with Gasteiger partial charge in [-0.3, -0.25) is 4.40 Å². The second kappa shape index (κ2) is 9.29. The average Bonchev–Trinajstić information content (AvgIpc) is 3.71. The van der Waals surface area contributed by atoms with Crippen molar-refractivity contribution >= 4 is 76.2 Å². The molecule has 0 fully saturated rings. The summed E-state index contributed by atoms with van der Waals surface area (Å²) in [5.74, 6) is 0. The lowest BCUT2D eigenvalue weighted by atomic mass is 9.82. The van der Waals surface area contributed by atoms with Gasteiger partial charge < -0.3 is 4.90 Å². The number of hydrogen-bond donors (Lipinski definition) is 0. The smallest absolute Gasteiger partial charge is 0.195 e. The van der Waals surface area contributed by atoms with E-state index in [1.165, 1.54) is 54.0 Å². The third-order valence-electron chi connectivity index (χ3n) is 9.98. The van der Waals surface area contributed by atoms with Crippen molar-refractivity contribution in [1.29, 1.82) is 0 Å². The maximum Gasteiger partial charge on any atom is 0.195 e. The van der Waals surface area contributed by atoms with Crippen LogP contribution in [0.25, 0.3) is 58.9 Å². The topological polar surface area (TPSA) is 20.5 Å². The normalized spacial score (nSPS) is 13.6. The third kappa shape index (κ3) is 3.50. The van der Waals surface area contributed by atoms with Crippen LogP contribution >= 0.6 is 11.3 Å². The fourth-order valence-corrected chi connectivity index (χ4v) is 8.97. The van der Waals surface area contributed by atoms with E-state index in [-0.39, 0.29) is 5.41 Å². The van der Waals surface area contributed by atoms with Crippen LogP contribution in [0.2, 0.25) is 0 Å². The Hall–Kier alpha value is -5.45. The molecule has 10 rings (SSSR count). The first kappa shape index (κ1) is 25.8. The van der Waals surface area contributed by atoms with Crippen LogP contribution in [0.1, 0.15) is 25.0 Å². The number of para-hydroxylation sites is 3. The summed E-state index contributed by atoms with van der Waals surface area (Å²) in [6.45, 7) is 4.70. The van der Waals surface area contributed by atoms with Crippen LogP contribution in [-0.4, -0.2) is 9.38 Å². The molecule has 4 heteroatoms. The Morgan fingerprint density at radius 1 is 0.587 bits per heavy atom. The van der Waals surface area contributed by atoms with Crippen LogP contribution in [0, 0.1) is 0 Å². The van der Waals surface area contributed by atoms with E-state index in [0.717, 1.165) is 33.1 Å². The number of imidazole rings is 1. The number of benzene rings is 7. The van der Waals surface area contributed by atoms with Crippen LogP contribution in [-0.2, 0) is 5.41 Å². The summed E-state index contributed by atoms with van der Waals surface area (Å²) < 4.78 is 3.59. The van der Waals surface area contributed by atoms with Gasteiger partial charge in [0.2, 0.25) is 0 Å². The molecule has 0 unspecified atom stereocenters. The summed E-state index contributed by atoms with van der Waals surface area (Å²) in [4.78, 5) is 8.43. The molecule has 46 heavy (non-hydrogen) atoms. The lowest BCUT2D eigenvalue weighted by Crippen LogP contribution is -2.16. The molecule has 1 aliphatic carbocycles. The number of rotatable bonds is 3. The summed E-state index contributed by atoms with van der Waals surface area (Å²) in [5.41, 5.74) is 12.2. The molecule has 1 aliphatic rings. The standard InChI is InChI=1S/C42H29N3S/c1-42(2)34-13-7-6-12-31(34)32-22-21-30(25-35(32)42)44(28-10-4-3-5-11-28)29-20-18-26-16-17-27-19-23-38-40(39(27)33(26)24-29)46-41-43-36-14-8-9-15-37(36)45(38)41/h3-25H,1-2H3. The molecule has 0 bridgehead atoms. The first-order valence-corrected chi connectivity index (χ1v) is 16.6. The molecule has 0 atom stereocenters. The Morgan fingerprint density at radius 2 is 1.28 bits per heavy atom. The summed E-state index contributed by atoms with van der Waals surface area (Å²) >= 11 is 1.78. The van der Waals surface area contributed by atoms with E-state index in [0.29, 0.717) is 0 Å². The fourth-order valence-electron chi connectivity index (χ4n) is 7.76. The summed E-state index contributed by atoms with van der Waals surface area (Å²) in [7, 11) is 0. The van der Waals surface area contributed by atoms with Gasteiger partial charge in [0.05, 0.1) is 21.3 Å². The molecule has 0 amide bonds. The van der Waals surface area contributed by atoms with E-state index in [1.807, 2.05) is 0 Å². The first-order valence-electron chi connectivity index (χ1n) is 15.8. The first-order chi connectivity index (χ1) is 22.6. The molecule has 0 saturated carbocycles. The minimum Gasteiger partial charge on any atom is -0.310 e. The van der Waals surface area contributed by atoms with Gasteiger partial charge in [-0.25, -0.2) is 4.98 Å². The number of nitrogens with zero attached hydrogens (tertiary/aromatic N) is 3. The van der Waals surface area contributed by atoms with Crippen molar-refractivity contribution in [3.8, 4) is 11.1 Å². The zero-order valence-corrected chi connectivity index (χ0v) is 26.3. The molecular weight excluding hydrogens is 579 g/mol. The Kier molecular flexibility index (Phi) is 5.22. The Bertz CT molecular complexity index is 2680. The quantitative estimate of drug-likeness (QED) is 0.186. The highest BCUT2D eigenvalue weighted by molar-refractivity contribution is 7.24. The largest absolute Gasteiger partial charge is 0.310 e. The molecule has 9 aromatic rings. The highest BCUT2D eigenvalue weighted by Crippen LogP contribution is 2.51. The molecule has 0 N–H and O–H groups in total. The summed E-state index contributed by atoms with van der Waals surface area (Å²) in [6.07, 6.45) is 0. The average molecular weight is 608 g/mol.